The molecule has 0 aliphatic carbocycles. The Balaban J connectivity index is 2.04. The van der Waals surface area contributed by atoms with E-state index in [1.165, 1.54) is 74.9 Å². The molecule has 30 heavy (non-hydrogen) atoms. The Labute approximate surface area is 185 Å². The molecule has 3 nitrogen and oxygen atoms in total. The molecular formula is C27H45N3. The van der Waals surface area contributed by atoms with Crippen molar-refractivity contribution in [3.8, 4) is 0 Å². The second-order valence-electron chi connectivity index (χ2n) is 9.30. The van der Waals surface area contributed by atoms with Gasteiger partial charge in [0.05, 0.1) is 22.4 Å². The molecule has 0 spiro atoms. The standard InChI is InChI=1S/C27H45N3/c1-6-9-11-12-14-25-24(13-10-7-2)30-27-20-23(15-16-26(27)29-25)28-18-17-22(5)19-21(4)8-3/h15-16,20-22,28H,6-14,17-19H2,1-5H3. The molecule has 0 saturated carbocycles. The Morgan fingerprint density at radius 2 is 1.50 bits per heavy atom. The van der Waals surface area contributed by atoms with Gasteiger partial charge in [0, 0.05) is 12.2 Å². The average Bonchev–Trinajstić information content (AvgIpc) is 2.74. The SMILES string of the molecule is CCCCCCc1nc2ccc(NCCC(C)CC(C)CC)cc2nc1CCCC. The van der Waals surface area contributed by atoms with Gasteiger partial charge in [0.15, 0.2) is 0 Å². The fraction of sp³-hybridized carbons (Fsp3) is 0.704. The van der Waals surface area contributed by atoms with Crippen LogP contribution in [0, 0.1) is 11.8 Å². The molecule has 2 aromatic rings. The predicted octanol–water partition coefficient (Wildman–Crippen LogP) is 7.97. The number of unbranched alkanes of at least 4 members (excludes halogenated alkanes) is 4. The lowest BCUT2D eigenvalue weighted by Gasteiger charge is -2.16. The third kappa shape index (κ3) is 8.24. The van der Waals surface area contributed by atoms with E-state index in [4.69, 9.17) is 9.97 Å². The second-order valence-corrected chi connectivity index (χ2v) is 9.30. The predicted molar refractivity (Wildman–Crippen MR) is 132 cm³/mol. The van der Waals surface area contributed by atoms with Gasteiger partial charge in [-0.25, -0.2) is 9.97 Å². The number of aryl methyl sites for hydroxylation is 2. The Hall–Kier alpha value is -1.64. The van der Waals surface area contributed by atoms with E-state index in [0.29, 0.717) is 0 Å². The summed E-state index contributed by atoms with van der Waals surface area (Å²) in [7, 11) is 0. The molecule has 1 aromatic carbocycles. The number of benzene rings is 1. The highest BCUT2D eigenvalue weighted by Gasteiger charge is 2.10. The van der Waals surface area contributed by atoms with Crippen molar-refractivity contribution < 1.29 is 0 Å². The molecular weight excluding hydrogens is 366 g/mol. The van der Waals surface area contributed by atoms with Crippen molar-refractivity contribution in [2.24, 2.45) is 11.8 Å². The zero-order chi connectivity index (χ0) is 21.8. The van der Waals surface area contributed by atoms with Crippen molar-refractivity contribution in [3.05, 3.63) is 29.6 Å². The summed E-state index contributed by atoms with van der Waals surface area (Å²) >= 11 is 0. The number of hydrogen-bond acceptors (Lipinski definition) is 3. The van der Waals surface area contributed by atoms with Gasteiger partial charge in [-0.05, 0) is 68.6 Å². The molecule has 2 unspecified atom stereocenters. The lowest BCUT2D eigenvalue weighted by Crippen LogP contribution is -2.09. The molecule has 0 radical (unpaired) electrons. The molecule has 1 aromatic heterocycles. The molecule has 1 N–H and O–H groups in total. The molecule has 0 aliphatic heterocycles. The molecule has 0 fully saturated rings. The van der Waals surface area contributed by atoms with Crippen LogP contribution >= 0.6 is 0 Å². The van der Waals surface area contributed by atoms with Crippen LogP contribution in [0.25, 0.3) is 11.0 Å². The summed E-state index contributed by atoms with van der Waals surface area (Å²) in [6.07, 6.45) is 13.4. The number of rotatable bonds is 15. The van der Waals surface area contributed by atoms with E-state index in [-0.39, 0.29) is 0 Å². The highest BCUT2D eigenvalue weighted by molar-refractivity contribution is 5.79. The van der Waals surface area contributed by atoms with Gasteiger partial charge in [0.25, 0.3) is 0 Å². The van der Waals surface area contributed by atoms with Crippen LogP contribution in [0.2, 0.25) is 0 Å². The highest BCUT2D eigenvalue weighted by Crippen LogP contribution is 2.22. The van der Waals surface area contributed by atoms with Crippen LogP contribution in [-0.4, -0.2) is 16.5 Å². The number of hydrogen-bond donors (Lipinski definition) is 1. The first-order valence-electron chi connectivity index (χ1n) is 12.6. The van der Waals surface area contributed by atoms with Gasteiger partial charge in [-0.15, -0.1) is 0 Å². The van der Waals surface area contributed by atoms with E-state index in [9.17, 15) is 0 Å². The third-order valence-corrected chi connectivity index (χ3v) is 6.32. The van der Waals surface area contributed by atoms with Gasteiger partial charge >= 0.3 is 0 Å². The molecule has 3 heteroatoms. The van der Waals surface area contributed by atoms with Crippen LogP contribution in [0.1, 0.15) is 104 Å². The fourth-order valence-corrected chi connectivity index (χ4v) is 4.14. The van der Waals surface area contributed by atoms with E-state index < -0.39 is 0 Å². The normalized spacial score (nSPS) is 13.5. The Morgan fingerprint density at radius 3 is 2.20 bits per heavy atom. The van der Waals surface area contributed by atoms with Crippen LogP contribution in [0.3, 0.4) is 0 Å². The topological polar surface area (TPSA) is 37.8 Å². The number of aromatic nitrogens is 2. The quantitative estimate of drug-likeness (QED) is 0.302. The molecule has 2 atom stereocenters. The van der Waals surface area contributed by atoms with Crippen molar-refractivity contribution in [2.75, 3.05) is 11.9 Å². The lowest BCUT2D eigenvalue weighted by atomic mass is 9.93. The molecule has 0 amide bonds. The van der Waals surface area contributed by atoms with Crippen LogP contribution < -0.4 is 5.32 Å². The maximum atomic E-state index is 5.06. The second kappa shape index (κ2) is 13.6. The summed E-state index contributed by atoms with van der Waals surface area (Å²) in [5, 5.41) is 3.62. The van der Waals surface area contributed by atoms with Gasteiger partial charge in [0.1, 0.15) is 0 Å². The van der Waals surface area contributed by atoms with Crippen molar-refractivity contribution in [1.82, 2.24) is 9.97 Å². The van der Waals surface area contributed by atoms with E-state index >= 15 is 0 Å². The van der Waals surface area contributed by atoms with Crippen molar-refractivity contribution >= 4 is 16.7 Å². The van der Waals surface area contributed by atoms with Gasteiger partial charge in [-0.3, -0.25) is 0 Å². The highest BCUT2D eigenvalue weighted by atomic mass is 14.9. The van der Waals surface area contributed by atoms with Crippen LogP contribution in [-0.2, 0) is 12.8 Å². The zero-order valence-electron chi connectivity index (χ0n) is 20.3. The van der Waals surface area contributed by atoms with E-state index in [0.717, 1.165) is 42.3 Å². The molecule has 0 bridgehead atoms. The maximum Gasteiger partial charge on any atom is 0.0910 e. The summed E-state index contributed by atoms with van der Waals surface area (Å²) in [4.78, 5) is 10.1. The minimum atomic E-state index is 0.767. The number of anilines is 1. The number of nitrogens with one attached hydrogen (secondary N) is 1. The summed E-state index contributed by atoms with van der Waals surface area (Å²) in [5.74, 6) is 1.59. The zero-order valence-corrected chi connectivity index (χ0v) is 20.3. The van der Waals surface area contributed by atoms with Crippen molar-refractivity contribution in [1.29, 1.82) is 0 Å². The third-order valence-electron chi connectivity index (χ3n) is 6.32. The van der Waals surface area contributed by atoms with E-state index in [2.05, 4.69) is 58.1 Å². The summed E-state index contributed by atoms with van der Waals surface area (Å²) in [6.45, 7) is 12.6. The summed E-state index contributed by atoms with van der Waals surface area (Å²) in [6, 6.07) is 6.51. The monoisotopic (exact) mass is 411 g/mol. The summed E-state index contributed by atoms with van der Waals surface area (Å²) < 4.78 is 0. The Morgan fingerprint density at radius 1 is 0.800 bits per heavy atom. The first kappa shape index (κ1) is 24.6. The number of nitrogens with zero attached hydrogens (tertiary/aromatic N) is 2. The van der Waals surface area contributed by atoms with Crippen LogP contribution in [0.15, 0.2) is 18.2 Å². The van der Waals surface area contributed by atoms with Gasteiger partial charge in [-0.2, -0.15) is 0 Å². The first-order chi connectivity index (χ1) is 14.6. The van der Waals surface area contributed by atoms with Crippen molar-refractivity contribution in [2.45, 2.75) is 105 Å². The van der Waals surface area contributed by atoms with E-state index in [1.54, 1.807) is 0 Å². The minimum Gasteiger partial charge on any atom is -0.385 e. The van der Waals surface area contributed by atoms with Gasteiger partial charge in [-0.1, -0.05) is 66.7 Å². The Kier molecular flexibility index (Phi) is 11.2. The average molecular weight is 412 g/mol. The fourth-order valence-electron chi connectivity index (χ4n) is 4.14. The van der Waals surface area contributed by atoms with Gasteiger partial charge in [0.2, 0.25) is 0 Å². The molecule has 1 heterocycles. The van der Waals surface area contributed by atoms with E-state index in [1.807, 2.05) is 0 Å². The number of fused-ring (bicyclic) bond motifs is 1. The Bertz CT molecular complexity index is 740. The smallest absolute Gasteiger partial charge is 0.0910 e. The molecule has 0 saturated heterocycles. The minimum absolute atomic E-state index is 0.767. The first-order valence-corrected chi connectivity index (χ1v) is 12.6. The largest absolute Gasteiger partial charge is 0.385 e. The maximum absolute atomic E-state index is 5.06. The van der Waals surface area contributed by atoms with Crippen LogP contribution in [0.5, 0.6) is 0 Å². The van der Waals surface area contributed by atoms with Crippen LogP contribution in [0.4, 0.5) is 5.69 Å². The molecule has 168 valence electrons. The lowest BCUT2D eigenvalue weighted by molar-refractivity contribution is 0.393. The van der Waals surface area contributed by atoms with Crippen molar-refractivity contribution in [3.63, 3.8) is 0 Å². The van der Waals surface area contributed by atoms with Gasteiger partial charge < -0.3 is 5.32 Å². The molecule has 2 rings (SSSR count). The summed E-state index contributed by atoms with van der Waals surface area (Å²) in [5.41, 5.74) is 5.70. The molecule has 0 aliphatic rings.